The molecular weight excluding hydrogens is 344 g/mol. The Bertz CT molecular complexity index is 960. The number of carbonyl (C=O) groups is 1. The molecule has 0 saturated heterocycles. The third-order valence-electron chi connectivity index (χ3n) is 7.32. The average molecular weight is 375 g/mol. The number of nitrogens with zero attached hydrogens (tertiary/aromatic N) is 1. The lowest BCUT2D eigenvalue weighted by Crippen LogP contribution is -2.41. The van der Waals surface area contributed by atoms with Crippen molar-refractivity contribution in [2.45, 2.75) is 77.0 Å². The van der Waals surface area contributed by atoms with E-state index in [0.717, 1.165) is 18.4 Å². The number of carbonyl (C=O) groups excluding carboxylic acids is 1. The van der Waals surface area contributed by atoms with E-state index in [4.69, 9.17) is 5.10 Å². The van der Waals surface area contributed by atoms with Crippen LogP contribution in [0.1, 0.15) is 87.7 Å². The molecule has 0 bridgehead atoms. The minimum atomic E-state index is -0.400. The lowest BCUT2D eigenvalue weighted by atomic mass is 9.58. The summed E-state index contributed by atoms with van der Waals surface area (Å²) in [4.78, 5) is 13.5. The zero-order chi connectivity index (χ0) is 19.5. The summed E-state index contributed by atoms with van der Waals surface area (Å²) >= 11 is 0. The summed E-state index contributed by atoms with van der Waals surface area (Å²) in [5.74, 6) is 0.863. The second-order valence-corrected chi connectivity index (χ2v) is 10.0. The van der Waals surface area contributed by atoms with E-state index in [-0.39, 0.29) is 5.41 Å². The van der Waals surface area contributed by atoms with E-state index in [1.54, 1.807) is 0 Å². The fraction of sp³-hybridized carbons (Fsp3) is 0.520. The Labute approximate surface area is 167 Å². The van der Waals surface area contributed by atoms with Gasteiger partial charge >= 0.3 is 0 Å². The SMILES string of the molecule is CC1(C)CC(=O)C2=C(Cc3[nH]nc(C4CCCC4)c3[C@@]2(C)c2ccccc2)C1. The first-order chi connectivity index (χ1) is 13.4. The monoisotopic (exact) mass is 374 g/mol. The van der Waals surface area contributed by atoms with Gasteiger partial charge in [-0.15, -0.1) is 0 Å². The molecule has 1 fully saturated rings. The number of allylic oxidation sites excluding steroid dienone is 2. The number of aromatic nitrogens is 2. The highest BCUT2D eigenvalue weighted by Crippen LogP contribution is 2.54. The molecule has 146 valence electrons. The second kappa shape index (κ2) is 6.17. The molecule has 3 aliphatic carbocycles. The van der Waals surface area contributed by atoms with Crippen LogP contribution >= 0.6 is 0 Å². The molecule has 0 aliphatic heterocycles. The molecule has 2 aromatic rings. The minimum absolute atomic E-state index is 0.0410. The van der Waals surface area contributed by atoms with E-state index in [2.05, 4.69) is 56.2 Å². The topological polar surface area (TPSA) is 45.8 Å². The van der Waals surface area contributed by atoms with Crippen LogP contribution in [-0.2, 0) is 16.6 Å². The maximum atomic E-state index is 13.5. The van der Waals surface area contributed by atoms with Gasteiger partial charge in [-0.1, -0.05) is 62.6 Å². The summed E-state index contributed by atoms with van der Waals surface area (Å²) in [6.07, 6.45) is 7.49. The lowest BCUT2D eigenvalue weighted by Gasteiger charge is -2.44. The summed E-state index contributed by atoms with van der Waals surface area (Å²) < 4.78 is 0. The summed E-state index contributed by atoms with van der Waals surface area (Å²) in [7, 11) is 0. The predicted molar refractivity (Wildman–Crippen MR) is 111 cm³/mol. The van der Waals surface area contributed by atoms with Crippen molar-refractivity contribution in [2.75, 3.05) is 0 Å². The average Bonchev–Trinajstić information content (AvgIpc) is 3.30. The van der Waals surface area contributed by atoms with Gasteiger partial charge < -0.3 is 0 Å². The van der Waals surface area contributed by atoms with Gasteiger partial charge in [-0.05, 0) is 37.2 Å². The highest BCUT2D eigenvalue weighted by atomic mass is 16.1. The van der Waals surface area contributed by atoms with E-state index in [0.29, 0.717) is 18.1 Å². The molecule has 1 aromatic carbocycles. The smallest absolute Gasteiger partial charge is 0.160 e. The van der Waals surface area contributed by atoms with Crippen LogP contribution in [-0.4, -0.2) is 16.0 Å². The quantitative estimate of drug-likeness (QED) is 0.742. The number of hydrogen-bond acceptors (Lipinski definition) is 2. The van der Waals surface area contributed by atoms with Gasteiger partial charge in [-0.2, -0.15) is 5.10 Å². The fourth-order valence-corrected chi connectivity index (χ4v) is 6.21. The number of hydrogen-bond donors (Lipinski definition) is 1. The molecule has 5 rings (SSSR count). The van der Waals surface area contributed by atoms with E-state index in [1.165, 1.54) is 53.8 Å². The highest BCUT2D eigenvalue weighted by Gasteiger charge is 2.49. The molecule has 3 aliphatic rings. The number of nitrogens with one attached hydrogen (secondary N) is 1. The van der Waals surface area contributed by atoms with Crippen LogP contribution in [0, 0.1) is 5.41 Å². The lowest BCUT2D eigenvalue weighted by molar-refractivity contribution is -0.118. The number of rotatable bonds is 2. The van der Waals surface area contributed by atoms with Gasteiger partial charge in [-0.3, -0.25) is 9.89 Å². The van der Waals surface area contributed by atoms with E-state index in [9.17, 15) is 4.79 Å². The molecule has 1 heterocycles. The first kappa shape index (κ1) is 17.9. The van der Waals surface area contributed by atoms with Gasteiger partial charge in [0.1, 0.15) is 0 Å². The van der Waals surface area contributed by atoms with Crippen molar-refractivity contribution in [1.29, 1.82) is 0 Å². The van der Waals surface area contributed by atoms with Crippen LogP contribution in [0.4, 0.5) is 0 Å². The minimum Gasteiger partial charge on any atom is -0.294 e. The third kappa shape index (κ3) is 2.55. The first-order valence-electron chi connectivity index (χ1n) is 10.8. The van der Waals surface area contributed by atoms with Crippen LogP contribution in [0.15, 0.2) is 41.5 Å². The Hall–Kier alpha value is -2.16. The Balaban J connectivity index is 1.76. The molecule has 1 aromatic heterocycles. The van der Waals surface area contributed by atoms with Gasteiger partial charge in [-0.25, -0.2) is 0 Å². The Morgan fingerprint density at radius 3 is 2.46 bits per heavy atom. The molecule has 1 atom stereocenters. The van der Waals surface area contributed by atoms with E-state index >= 15 is 0 Å². The predicted octanol–water partition coefficient (Wildman–Crippen LogP) is 5.62. The van der Waals surface area contributed by atoms with Crippen molar-refractivity contribution in [3.63, 3.8) is 0 Å². The van der Waals surface area contributed by atoms with E-state index < -0.39 is 5.41 Å². The zero-order valence-corrected chi connectivity index (χ0v) is 17.3. The number of H-pyrrole nitrogens is 1. The summed E-state index contributed by atoms with van der Waals surface area (Å²) in [5, 5.41) is 8.26. The first-order valence-corrected chi connectivity index (χ1v) is 10.8. The van der Waals surface area contributed by atoms with Crippen LogP contribution in [0.2, 0.25) is 0 Å². The molecule has 0 unspecified atom stereocenters. The maximum absolute atomic E-state index is 13.5. The number of fused-ring (bicyclic) bond motifs is 1. The summed E-state index contributed by atoms with van der Waals surface area (Å²) in [6, 6.07) is 10.6. The van der Waals surface area contributed by atoms with Gasteiger partial charge in [0.2, 0.25) is 0 Å². The van der Waals surface area contributed by atoms with Crippen molar-refractivity contribution < 1.29 is 4.79 Å². The van der Waals surface area contributed by atoms with Crippen molar-refractivity contribution >= 4 is 5.78 Å². The summed E-state index contributed by atoms with van der Waals surface area (Å²) in [5.41, 5.74) is 7.00. The largest absolute Gasteiger partial charge is 0.294 e. The molecular formula is C25H30N2O. The number of ketones is 1. The van der Waals surface area contributed by atoms with Gasteiger partial charge in [0, 0.05) is 41.0 Å². The molecule has 0 spiro atoms. The van der Waals surface area contributed by atoms with Crippen molar-refractivity contribution in [3.05, 3.63) is 64.0 Å². The van der Waals surface area contributed by atoms with Crippen molar-refractivity contribution in [3.8, 4) is 0 Å². The van der Waals surface area contributed by atoms with Crippen LogP contribution < -0.4 is 0 Å². The van der Waals surface area contributed by atoms with E-state index in [1.807, 2.05) is 0 Å². The summed E-state index contributed by atoms with van der Waals surface area (Å²) in [6.45, 7) is 6.72. The standard InChI is InChI=1S/C25H30N2O/c1-24(2)14-17-13-19-22(23(27-26-19)16-9-7-8-10-16)25(3,21(17)20(28)15-24)18-11-5-4-6-12-18/h4-6,11-12,16H,7-10,13-15H2,1-3H3,(H,26,27)/t25-/m0/s1. The molecule has 28 heavy (non-hydrogen) atoms. The normalized spacial score (nSPS) is 27.0. The zero-order valence-electron chi connectivity index (χ0n) is 17.3. The number of Topliss-reactive ketones (excluding diaryl/α,β-unsaturated/α-hetero) is 1. The van der Waals surface area contributed by atoms with Gasteiger partial charge in [0.15, 0.2) is 5.78 Å². The Morgan fingerprint density at radius 1 is 1.04 bits per heavy atom. The highest BCUT2D eigenvalue weighted by molar-refractivity contribution is 6.01. The maximum Gasteiger partial charge on any atom is 0.160 e. The molecule has 1 saturated carbocycles. The Morgan fingerprint density at radius 2 is 1.75 bits per heavy atom. The van der Waals surface area contributed by atoms with Crippen molar-refractivity contribution in [1.82, 2.24) is 10.2 Å². The number of aromatic amines is 1. The van der Waals surface area contributed by atoms with Gasteiger partial charge in [0.05, 0.1) is 5.69 Å². The molecule has 1 N–H and O–H groups in total. The van der Waals surface area contributed by atoms with Gasteiger partial charge in [0.25, 0.3) is 0 Å². The van der Waals surface area contributed by atoms with Crippen LogP contribution in [0.3, 0.4) is 0 Å². The molecule has 3 heteroatoms. The number of benzene rings is 1. The van der Waals surface area contributed by atoms with Crippen molar-refractivity contribution in [2.24, 2.45) is 5.41 Å². The molecule has 0 radical (unpaired) electrons. The fourth-order valence-electron chi connectivity index (χ4n) is 6.21. The molecule has 3 nitrogen and oxygen atoms in total. The second-order valence-electron chi connectivity index (χ2n) is 10.0. The van der Waals surface area contributed by atoms with Crippen LogP contribution in [0.25, 0.3) is 0 Å². The molecule has 0 amide bonds. The van der Waals surface area contributed by atoms with Crippen LogP contribution in [0.5, 0.6) is 0 Å². The Kier molecular flexibility index (Phi) is 3.94. The third-order valence-corrected chi connectivity index (χ3v) is 7.32.